The highest BCUT2D eigenvalue weighted by molar-refractivity contribution is 5.76. The minimum atomic E-state index is -1.56. The van der Waals surface area contributed by atoms with Gasteiger partial charge in [0.05, 0.1) is 25.4 Å². The predicted octanol–water partition coefficient (Wildman–Crippen LogP) is 10.1. The fourth-order valence-electron chi connectivity index (χ4n) is 7.37. The normalized spacial score (nSPS) is 21.3. The van der Waals surface area contributed by atoms with Gasteiger partial charge in [-0.2, -0.15) is 0 Å². The van der Waals surface area contributed by atoms with Crippen molar-refractivity contribution in [3.8, 4) is 0 Å². The molecule has 6 N–H and O–H groups in total. The van der Waals surface area contributed by atoms with Gasteiger partial charge in [0, 0.05) is 6.42 Å². The van der Waals surface area contributed by atoms with E-state index < -0.39 is 49.5 Å². The Bertz CT molecular complexity index is 987. The molecule has 0 aliphatic carbocycles. The van der Waals surface area contributed by atoms with E-state index in [-0.39, 0.29) is 12.5 Å². The summed E-state index contributed by atoms with van der Waals surface area (Å²) in [4.78, 5) is 12.8. The van der Waals surface area contributed by atoms with Crippen LogP contribution in [0.5, 0.6) is 0 Å². The molecule has 0 spiro atoms. The van der Waals surface area contributed by atoms with Gasteiger partial charge in [0.2, 0.25) is 5.91 Å². The molecule has 57 heavy (non-hydrogen) atoms. The Balaban J connectivity index is 1.98. The second kappa shape index (κ2) is 38.6. The van der Waals surface area contributed by atoms with Crippen LogP contribution in [0.15, 0.2) is 36.5 Å². The van der Waals surface area contributed by atoms with E-state index in [0.29, 0.717) is 6.42 Å². The molecule has 1 rings (SSSR count). The molecule has 0 bridgehead atoms. The highest BCUT2D eigenvalue weighted by Gasteiger charge is 2.44. The zero-order valence-electron chi connectivity index (χ0n) is 36.6. The Kier molecular flexibility index (Phi) is 36.2. The van der Waals surface area contributed by atoms with E-state index in [4.69, 9.17) is 9.47 Å². The molecule has 1 amide bonds. The second-order valence-electron chi connectivity index (χ2n) is 16.5. The molecule has 1 aliphatic rings. The fraction of sp³-hybridized carbons (Fsp3) is 0.854. The summed E-state index contributed by atoms with van der Waals surface area (Å²) in [5.74, 6) is -0.188. The Hall–Kier alpha value is -1.59. The lowest BCUT2D eigenvalue weighted by molar-refractivity contribution is -0.302. The van der Waals surface area contributed by atoms with E-state index in [1.54, 1.807) is 6.08 Å². The number of carbonyl (C=O) groups excluding carboxylic acids is 1. The summed E-state index contributed by atoms with van der Waals surface area (Å²) in [5.41, 5.74) is 0. The molecule has 0 aromatic heterocycles. The number of hydrogen-bond acceptors (Lipinski definition) is 8. The number of nitrogens with one attached hydrogen (secondary N) is 1. The van der Waals surface area contributed by atoms with E-state index in [1.807, 2.05) is 13.0 Å². The summed E-state index contributed by atoms with van der Waals surface area (Å²) >= 11 is 0. The molecule has 0 saturated carbocycles. The first-order valence-electron chi connectivity index (χ1n) is 23.7. The molecule has 9 nitrogen and oxygen atoms in total. The average molecular weight is 808 g/mol. The van der Waals surface area contributed by atoms with Crippen LogP contribution in [0.4, 0.5) is 0 Å². The topological polar surface area (TPSA) is 149 Å². The average Bonchev–Trinajstić information content (AvgIpc) is 3.21. The summed E-state index contributed by atoms with van der Waals surface area (Å²) in [6, 6.07) is -0.798. The second-order valence-corrected chi connectivity index (χ2v) is 16.5. The zero-order valence-corrected chi connectivity index (χ0v) is 36.6. The third-order valence-corrected chi connectivity index (χ3v) is 11.2. The minimum Gasteiger partial charge on any atom is -0.394 e. The largest absolute Gasteiger partial charge is 0.394 e. The lowest BCUT2D eigenvalue weighted by atomic mass is 9.99. The van der Waals surface area contributed by atoms with Crippen molar-refractivity contribution in [2.75, 3.05) is 13.2 Å². The number of unbranched alkanes of at least 4 members (excludes halogenated alkanes) is 25. The maximum atomic E-state index is 12.8. The zero-order chi connectivity index (χ0) is 41.6. The van der Waals surface area contributed by atoms with Gasteiger partial charge < -0.3 is 40.3 Å². The van der Waals surface area contributed by atoms with Gasteiger partial charge in [0.15, 0.2) is 6.29 Å². The molecule has 9 heteroatoms. The quantitative estimate of drug-likeness (QED) is 0.0266. The van der Waals surface area contributed by atoms with Gasteiger partial charge in [-0.1, -0.05) is 192 Å². The molecule has 0 aromatic rings. The van der Waals surface area contributed by atoms with Crippen molar-refractivity contribution < 1.29 is 39.8 Å². The smallest absolute Gasteiger partial charge is 0.220 e. The van der Waals surface area contributed by atoms with Gasteiger partial charge in [-0.15, -0.1) is 0 Å². The third kappa shape index (κ3) is 29.3. The van der Waals surface area contributed by atoms with Crippen molar-refractivity contribution in [1.29, 1.82) is 0 Å². The third-order valence-electron chi connectivity index (χ3n) is 11.2. The van der Waals surface area contributed by atoms with Crippen LogP contribution in [0.1, 0.15) is 206 Å². The summed E-state index contributed by atoms with van der Waals surface area (Å²) in [6.45, 7) is 3.55. The molecule has 1 fully saturated rings. The lowest BCUT2D eigenvalue weighted by Gasteiger charge is -2.40. The van der Waals surface area contributed by atoms with Crippen LogP contribution in [-0.2, 0) is 14.3 Å². The molecule has 0 aromatic carbocycles. The number of ether oxygens (including phenoxy) is 2. The number of aliphatic hydroxyl groups is 5. The van der Waals surface area contributed by atoms with Crippen molar-refractivity contribution in [1.82, 2.24) is 5.32 Å². The minimum absolute atomic E-state index is 0.188. The van der Waals surface area contributed by atoms with E-state index in [1.165, 1.54) is 148 Å². The summed E-state index contributed by atoms with van der Waals surface area (Å²) in [6.07, 6.45) is 41.7. The van der Waals surface area contributed by atoms with Crippen molar-refractivity contribution in [2.24, 2.45) is 0 Å². The first-order valence-corrected chi connectivity index (χ1v) is 23.7. The number of hydrogen-bond donors (Lipinski definition) is 6. The molecule has 1 saturated heterocycles. The number of amides is 1. The molecule has 0 radical (unpaired) electrons. The van der Waals surface area contributed by atoms with Crippen LogP contribution in [0.2, 0.25) is 0 Å². The molecule has 1 heterocycles. The van der Waals surface area contributed by atoms with Crippen LogP contribution in [0.3, 0.4) is 0 Å². The highest BCUT2D eigenvalue weighted by atomic mass is 16.7. The first kappa shape index (κ1) is 53.4. The number of rotatable bonds is 39. The summed E-state index contributed by atoms with van der Waals surface area (Å²) in [5, 5.41) is 53.4. The maximum absolute atomic E-state index is 12.8. The molecule has 7 unspecified atom stereocenters. The van der Waals surface area contributed by atoms with Crippen molar-refractivity contribution in [2.45, 2.75) is 249 Å². The summed E-state index contributed by atoms with van der Waals surface area (Å²) < 4.78 is 11.1. The van der Waals surface area contributed by atoms with Crippen LogP contribution in [0, 0.1) is 0 Å². The van der Waals surface area contributed by atoms with E-state index in [9.17, 15) is 30.3 Å². The van der Waals surface area contributed by atoms with Gasteiger partial charge in [-0.25, -0.2) is 0 Å². The van der Waals surface area contributed by atoms with E-state index in [2.05, 4.69) is 36.5 Å². The SMILES string of the molecule is CCC/C=C/C(O)C(COC1OC(CO)C(O)C(O)C1O)NC(=O)CCCCCCCCCCCCCCCCCCCCC/C=C\C/C=C\CCCCCCC. The van der Waals surface area contributed by atoms with Gasteiger partial charge in [-0.3, -0.25) is 4.79 Å². The van der Waals surface area contributed by atoms with Crippen LogP contribution >= 0.6 is 0 Å². The Morgan fingerprint density at radius 1 is 0.596 bits per heavy atom. The number of allylic oxidation sites excluding steroid dienone is 5. The first-order chi connectivity index (χ1) is 27.8. The molecular weight excluding hydrogens is 719 g/mol. The molecule has 7 atom stereocenters. The number of aliphatic hydroxyl groups excluding tert-OH is 5. The van der Waals surface area contributed by atoms with Crippen LogP contribution < -0.4 is 5.32 Å². The predicted molar refractivity (Wildman–Crippen MR) is 235 cm³/mol. The van der Waals surface area contributed by atoms with Gasteiger partial charge in [0.1, 0.15) is 24.4 Å². The standard InChI is InChI=1S/C48H89NO8/c1-3-5-7-8-9-10-11-12-13-14-15-16-17-18-19-20-21-22-23-24-25-26-27-28-29-30-31-32-33-34-36-38-44(52)49-41(42(51)37-35-6-4-2)40-56-48-47(55)46(54)45(53)43(39-50)57-48/h11-12,14-15,35,37,41-43,45-48,50-51,53-55H,3-10,13,16-34,36,38-40H2,1-2H3,(H,49,52)/b12-11-,15-14-,37-35+. The number of carbonyl (C=O) groups is 1. The Morgan fingerprint density at radius 2 is 1.07 bits per heavy atom. The van der Waals surface area contributed by atoms with Gasteiger partial charge >= 0.3 is 0 Å². The van der Waals surface area contributed by atoms with Crippen LogP contribution in [-0.4, -0.2) is 87.5 Å². The van der Waals surface area contributed by atoms with Gasteiger partial charge in [0.25, 0.3) is 0 Å². The van der Waals surface area contributed by atoms with Crippen molar-refractivity contribution >= 4 is 5.91 Å². The molecule has 334 valence electrons. The maximum Gasteiger partial charge on any atom is 0.220 e. The van der Waals surface area contributed by atoms with Crippen molar-refractivity contribution in [3.63, 3.8) is 0 Å². The fourth-order valence-corrected chi connectivity index (χ4v) is 7.37. The van der Waals surface area contributed by atoms with E-state index in [0.717, 1.165) is 38.5 Å². The monoisotopic (exact) mass is 808 g/mol. The van der Waals surface area contributed by atoms with E-state index >= 15 is 0 Å². The lowest BCUT2D eigenvalue weighted by Crippen LogP contribution is -2.60. The van der Waals surface area contributed by atoms with Gasteiger partial charge in [-0.05, 0) is 44.9 Å². The highest BCUT2D eigenvalue weighted by Crippen LogP contribution is 2.22. The Morgan fingerprint density at radius 3 is 1.54 bits per heavy atom. The molecular formula is C48H89NO8. The Labute approximate surface area is 349 Å². The molecule has 1 aliphatic heterocycles. The van der Waals surface area contributed by atoms with Crippen molar-refractivity contribution in [3.05, 3.63) is 36.5 Å². The van der Waals surface area contributed by atoms with Crippen LogP contribution in [0.25, 0.3) is 0 Å². The summed E-state index contributed by atoms with van der Waals surface area (Å²) in [7, 11) is 0.